The van der Waals surface area contributed by atoms with Crippen molar-refractivity contribution < 1.29 is 4.74 Å². The average Bonchev–Trinajstić information content (AvgIpc) is 2.48. The molecule has 2 rings (SSSR count). The van der Waals surface area contributed by atoms with E-state index in [4.69, 9.17) is 10.5 Å². The largest absolute Gasteiger partial charge is 0.378 e. The van der Waals surface area contributed by atoms with Gasteiger partial charge in [-0.1, -0.05) is 6.92 Å². The molecule has 0 amide bonds. The molecule has 14 heavy (non-hydrogen) atoms. The summed E-state index contributed by atoms with van der Waals surface area (Å²) < 4.78 is 5.68. The maximum atomic E-state index is 5.81. The number of likely N-dealkylation sites (N-methyl/N-ethyl adjacent to an activating group) is 1. The number of nitrogens with two attached hydrogens (primary N) is 1. The van der Waals surface area contributed by atoms with Crippen molar-refractivity contribution in [2.24, 2.45) is 10.7 Å². The van der Waals surface area contributed by atoms with E-state index in [-0.39, 0.29) is 5.54 Å². The van der Waals surface area contributed by atoms with Crippen molar-refractivity contribution in [1.29, 1.82) is 0 Å². The second kappa shape index (κ2) is 3.42. The molecule has 80 valence electrons. The second-order valence-electron chi connectivity index (χ2n) is 4.31. The van der Waals surface area contributed by atoms with E-state index in [9.17, 15) is 0 Å². The van der Waals surface area contributed by atoms with E-state index in [1.54, 1.807) is 0 Å². The second-order valence-corrected chi connectivity index (χ2v) is 4.31. The van der Waals surface area contributed by atoms with Crippen molar-refractivity contribution in [3.8, 4) is 0 Å². The molecular formula is C10H19N3O. The fourth-order valence-electron chi connectivity index (χ4n) is 2.39. The molecular weight excluding hydrogens is 178 g/mol. The van der Waals surface area contributed by atoms with E-state index in [2.05, 4.69) is 16.8 Å². The van der Waals surface area contributed by atoms with Gasteiger partial charge in [-0.3, -0.25) is 4.99 Å². The van der Waals surface area contributed by atoms with Gasteiger partial charge in [0.1, 0.15) is 0 Å². The Bertz CT molecular complexity index is 254. The quantitative estimate of drug-likeness (QED) is 0.668. The fourth-order valence-corrected chi connectivity index (χ4v) is 2.39. The van der Waals surface area contributed by atoms with Gasteiger partial charge in [0.25, 0.3) is 0 Å². The van der Waals surface area contributed by atoms with Crippen LogP contribution in [0.3, 0.4) is 0 Å². The molecule has 1 fully saturated rings. The molecule has 4 nitrogen and oxygen atoms in total. The van der Waals surface area contributed by atoms with Crippen LogP contribution in [0.5, 0.6) is 0 Å². The van der Waals surface area contributed by atoms with Crippen LogP contribution in [0.15, 0.2) is 4.99 Å². The molecule has 0 aromatic carbocycles. The molecule has 2 unspecified atom stereocenters. The van der Waals surface area contributed by atoms with E-state index >= 15 is 0 Å². The van der Waals surface area contributed by atoms with Gasteiger partial charge >= 0.3 is 0 Å². The Morgan fingerprint density at radius 3 is 3.07 bits per heavy atom. The third kappa shape index (κ3) is 1.38. The number of hydrogen-bond acceptors (Lipinski definition) is 4. The Hall–Kier alpha value is -0.770. The van der Waals surface area contributed by atoms with Gasteiger partial charge in [-0.25, -0.2) is 0 Å². The summed E-state index contributed by atoms with van der Waals surface area (Å²) in [6, 6.07) is 0. The summed E-state index contributed by atoms with van der Waals surface area (Å²) in [6.07, 6.45) is 3.57. The molecule has 2 atom stereocenters. The van der Waals surface area contributed by atoms with Gasteiger partial charge in [-0.2, -0.15) is 0 Å². The smallest absolute Gasteiger partial charge is 0.191 e. The lowest BCUT2D eigenvalue weighted by Crippen LogP contribution is -2.54. The first kappa shape index (κ1) is 9.77. The standard InChI is InChI=1S/C10H19N3O/c1-3-8-6-10(4-5-14-8)7-12-9(11)13(10)2/h8H,3-7H2,1-2H3,(H2,11,12). The van der Waals surface area contributed by atoms with Crippen LogP contribution < -0.4 is 5.73 Å². The van der Waals surface area contributed by atoms with Crippen LogP contribution in [-0.4, -0.2) is 42.7 Å². The Morgan fingerprint density at radius 2 is 2.50 bits per heavy atom. The van der Waals surface area contributed by atoms with Gasteiger partial charge in [-0.05, 0) is 19.3 Å². The average molecular weight is 197 g/mol. The van der Waals surface area contributed by atoms with Gasteiger partial charge in [0.05, 0.1) is 18.2 Å². The molecule has 0 aromatic heterocycles. The Morgan fingerprint density at radius 1 is 1.71 bits per heavy atom. The number of aliphatic imine (C=N–C) groups is 1. The molecule has 0 aliphatic carbocycles. The Balaban J connectivity index is 2.10. The zero-order valence-electron chi connectivity index (χ0n) is 8.99. The van der Waals surface area contributed by atoms with Crippen molar-refractivity contribution in [2.75, 3.05) is 20.2 Å². The highest BCUT2D eigenvalue weighted by Crippen LogP contribution is 2.34. The molecule has 2 aliphatic rings. The lowest BCUT2D eigenvalue weighted by molar-refractivity contribution is -0.0439. The van der Waals surface area contributed by atoms with Crippen LogP contribution in [0.4, 0.5) is 0 Å². The molecule has 4 heteroatoms. The maximum absolute atomic E-state index is 5.81. The lowest BCUT2D eigenvalue weighted by atomic mass is 9.85. The summed E-state index contributed by atoms with van der Waals surface area (Å²) >= 11 is 0. The molecule has 1 saturated heterocycles. The van der Waals surface area contributed by atoms with Crippen molar-refractivity contribution >= 4 is 5.96 Å². The van der Waals surface area contributed by atoms with E-state index < -0.39 is 0 Å². The Kier molecular flexibility index (Phi) is 2.39. The molecule has 1 spiro atoms. The SMILES string of the molecule is CCC1CC2(CCO1)CN=C(N)N2C. The maximum Gasteiger partial charge on any atom is 0.191 e. The van der Waals surface area contributed by atoms with Gasteiger partial charge < -0.3 is 15.4 Å². The van der Waals surface area contributed by atoms with E-state index in [0.717, 1.165) is 32.4 Å². The van der Waals surface area contributed by atoms with Crippen LogP contribution in [0, 0.1) is 0 Å². The highest BCUT2D eigenvalue weighted by Gasteiger charge is 2.43. The predicted molar refractivity (Wildman–Crippen MR) is 56.2 cm³/mol. The van der Waals surface area contributed by atoms with Gasteiger partial charge in [0, 0.05) is 13.7 Å². The summed E-state index contributed by atoms with van der Waals surface area (Å²) in [6.45, 7) is 3.85. The summed E-state index contributed by atoms with van der Waals surface area (Å²) in [4.78, 5) is 6.46. The van der Waals surface area contributed by atoms with Crippen molar-refractivity contribution in [3.05, 3.63) is 0 Å². The summed E-state index contributed by atoms with van der Waals surface area (Å²) in [5.74, 6) is 0.682. The van der Waals surface area contributed by atoms with E-state index in [0.29, 0.717) is 12.1 Å². The predicted octanol–water partition coefficient (Wildman–Crippen LogP) is 0.574. The molecule has 0 radical (unpaired) electrons. The molecule has 2 heterocycles. The zero-order valence-corrected chi connectivity index (χ0v) is 8.99. The third-order valence-corrected chi connectivity index (χ3v) is 3.57. The fraction of sp³-hybridized carbons (Fsp3) is 0.900. The summed E-state index contributed by atoms with van der Waals surface area (Å²) in [5.41, 5.74) is 5.96. The van der Waals surface area contributed by atoms with Crippen LogP contribution in [-0.2, 0) is 4.74 Å². The number of nitrogens with zero attached hydrogens (tertiary/aromatic N) is 2. The van der Waals surface area contributed by atoms with Crippen LogP contribution in [0.1, 0.15) is 26.2 Å². The van der Waals surface area contributed by atoms with Crippen LogP contribution >= 0.6 is 0 Å². The molecule has 0 bridgehead atoms. The summed E-state index contributed by atoms with van der Waals surface area (Å²) in [7, 11) is 2.05. The Labute approximate surface area is 85.1 Å². The van der Waals surface area contributed by atoms with Crippen LogP contribution in [0.2, 0.25) is 0 Å². The van der Waals surface area contributed by atoms with E-state index in [1.165, 1.54) is 0 Å². The van der Waals surface area contributed by atoms with E-state index in [1.807, 2.05) is 7.05 Å². The van der Waals surface area contributed by atoms with Gasteiger partial charge in [0.15, 0.2) is 5.96 Å². The topological polar surface area (TPSA) is 50.9 Å². The first-order chi connectivity index (χ1) is 6.68. The molecule has 2 aliphatic heterocycles. The summed E-state index contributed by atoms with van der Waals surface area (Å²) in [5, 5.41) is 0. The minimum absolute atomic E-state index is 0.156. The number of hydrogen-bond donors (Lipinski definition) is 1. The van der Waals surface area contributed by atoms with Crippen molar-refractivity contribution in [3.63, 3.8) is 0 Å². The minimum atomic E-state index is 0.156. The van der Waals surface area contributed by atoms with Gasteiger partial charge in [0.2, 0.25) is 0 Å². The lowest BCUT2D eigenvalue weighted by Gasteiger charge is -2.42. The number of rotatable bonds is 1. The highest BCUT2D eigenvalue weighted by molar-refractivity contribution is 5.80. The van der Waals surface area contributed by atoms with Crippen LogP contribution in [0.25, 0.3) is 0 Å². The third-order valence-electron chi connectivity index (χ3n) is 3.57. The van der Waals surface area contributed by atoms with Gasteiger partial charge in [-0.15, -0.1) is 0 Å². The number of ether oxygens (including phenoxy) is 1. The van der Waals surface area contributed by atoms with Crippen molar-refractivity contribution in [2.45, 2.75) is 37.8 Å². The van der Waals surface area contributed by atoms with Crippen molar-refractivity contribution in [1.82, 2.24) is 4.90 Å². The molecule has 2 N–H and O–H groups in total. The zero-order chi connectivity index (χ0) is 10.2. The normalized spacial score (nSPS) is 37.7. The first-order valence-corrected chi connectivity index (χ1v) is 5.33. The monoisotopic (exact) mass is 197 g/mol. The highest BCUT2D eigenvalue weighted by atomic mass is 16.5. The molecule has 0 saturated carbocycles. The number of guanidine groups is 1. The first-order valence-electron chi connectivity index (χ1n) is 5.33. The minimum Gasteiger partial charge on any atom is -0.378 e. The molecule has 0 aromatic rings.